The lowest BCUT2D eigenvalue weighted by Crippen LogP contribution is -2.04. The topological polar surface area (TPSA) is 49.2 Å². The van der Waals surface area contributed by atoms with Crippen molar-refractivity contribution in [2.45, 2.75) is 0 Å². The van der Waals surface area contributed by atoms with Crippen LogP contribution in [0, 0.1) is 6.57 Å². The van der Waals surface area contributed by atoms with Gasteiger partial charge in [0.05, 0.1) is 7.05 Å². The van der Waals surface area contributed by atoms with Crippen molar-refractivity contribution in [3.8, 4) is 22.3 Å². The van der Waals surface area contributed by atoms with Gasteiger partial charge in [0.1, 0.15) is 11.3 Å². The summed E-state index contributed by atoms with van der Waals surface area (Å²) in [5.41, 5.74) is 5.87. The molecular weight excluding hydrogens is 310 g/mol. The fourth-order valence-corrected chi connectivity index (χ4v) is 2.87. The molecule has 3 aromatic heterocycles. The highest BCUT2D eigenvalue weighted by Gasteiger charge is 2.10. The average Bonchev–Trinajstić information content (AvgIpc) is 3.11. The largest absolute Gasteiger partial charge is 0.346 e. The predicted octanol–water partition coefficient (Wildman–Crippen LogP) is 4.56. The minimum Gasteiger partial charge on any atom is -0.346 e. The van der Waals surface area contributed by atoms with Crippen molar-refractivity contribution >= 4 is 16.7 Å². The molecule has 0 saturated heterocycles. The van der Waals surface area contributed by atoms with Crippen LogP contribution in [0.15, 0.2) is 67.3 Å². The zero-order valence-corrected chi connectivity index (χ0v) is 13.6. The molecule has 1 aromatic carbocycles. The maximum absolute atomic E-state index is 7.16. The number of nitrogens with one attached hydrogen (secondary N) is 1. The summed E-state index contributed by atoms with van der Waals surface area (Å²) in [6.45, 7) is 7.16. The van der Waals surface area contributed by atoms with Crippen LogP contribution in [0.1, 0.15) is 0 Å². The van der Waals surface area contributed by atoms with Crippen LogP contribution >= 0.6 is 0 Å². The Labute approximate surface area is 145 Å². The molecule has 0 radical (unpaired) electrons. The Bertz CT molecular complexity index is 1080. The summed E-state index contributed by atoms with van der Waals surface area (Å²) >= 11 is 0. The number of benzene rings is 1. The van der Waals surface area contributed by atoms with Gasteiger partial charge in [0.25, 0.3) is 0 Å². The first-order valence-corrected chi connectivity index (χ1v) is 7.85. The monoisotopic (exact) mass is 325 g/mol. The Morgan fingerprint density at radius 1 is 1.04 bits per heavy atom. The van der Waals surface area contributed by atoms with E-state index in [0.29, 0.717) is 0 Å². The molecule has 5 heteroatoms. The molecule has 25 heavy (non-hydrogen) atoms. The molecule has 0 bridgehead atoms. The van der Waals surface area contributed by atoms with Gasteiger partial charge in [-0.15, -0.1) is 0 Å². The van der Waals surface area contributed by atoms with E-state index in [1.165, 1.54) is 5.01 Å². The summed E-state index contributed by atoms with van der Waals surface area (Å²) in [5, 5.41) is 2.57. The van der Waals surface area contributed by atoms with Gasteiger partial charge in [-0.25, -0.2) is 4.98 Å². The van der Waals surface area contributed by atoms with Gasteiger partial charge in [0, 0.05) is 46.9 Å². The van der Waals surface area contributed by atoms with Crippen molar-refractivity contribution < 1.29 is 0 Å². The number of anilines is 1. The molecule has 5 nitrogen and oxygen atoms in total. The van der Waals surface area contributed by atoms with E-state index < -0.39 is 0 Å². The Hall–Kier alpha value is -3.65. The smallest absolute Gasteiger partial charge is 0.137 e. The maximum atomic E-state index is 7.16. The van der Waals surface area contributed by atoms with Crippen LogP contribution in [-0.4, -0.2) is 22.0 Å². The van der Waals surface area contributed by atoms with Crippen LogP contribution in [-0.2, 0) is 0 Å². The third kappa shape index (κ3) is 2.70. The third-order valence-electron chi connectivity index (χ3n) is 4.21. The zero-order chi connectivity index (χ0) is 17.2. The molecule has 1 N–H and O–H groups in total. The fraction of sp³-hybridized carbons (Fsp3) is 0.0500. The van der Waals surface area contributed by atoms with E-state index in [-0.39, 0.29) is 0 Å². The van der Waals surface area contributed by atoms with Crippen molar-refractivity contribution in [2.24, 2.45) is 0 Å². The van der Waals surface area contributed by atoms with Crippen LogP contribution in [0.2, 0.25) is 0 Å². The lowest BCUT2D eigenvalue weighted by molar-refractivity contribution is 1.20. The van der Waals surface area contributed by atoms with Gasteiger partial charge in [0.15, 0.2) is 0 Å². The zero-order valence-electron chi connectivity index (χ0n) is 13.6. The molecule has 0 aliphatic heterocycles. The normalized spacial score (nSPS) is 10.6. The standard InChI is InChI=1S/C20H15N5/c1-21-25(2)17-7-3-5-14(9-17)16-10-18-19(13-24-20(18)23-12-16)15-6-4-8-22-11-15/h3-13H,2H3,(H,23,24). The van der Waals surface area contributed by atoms with Crippen molar-refractivity contribution in [1.82, 2.24) is 15.0 Å². The van der Waals surface area contributed by atoms with E-state index in [1.54, 1.807) is 13.2 Å². The molecule has 3 heterocycles. The fourth-order valence-electron chi connectivity index (χ4n) is 2.87. The lowest BCUT2D eigenvalue weighted by Gasteiger charge is -2.07. The molecule has 0 spiro atoms. The molecule has 0 aliphatic carbocycles. The van der Waals surface area contributed by atoms with Gasteiger partial charge in [-0.3, -0.25) is 4.98 Å². The van der Waals surface area contributed by atoms with Gasteiger partial charge >= 0.3 is 0 Å². The summed E-state index contributed by atoms with van der Waals surface area (Å²) in [4.78, 5) is 15.4. The van der Waals surface area contributed by atoms with E-state index >= 15 is 0 Å². The third-order valence-corrected chi connectivity index (χ3v) is 4.21. The minimum atomic E-state index is 0.844. The van der Waals surface area contributed by atoms with E-state index in [9.17, 15) is 0 Å². The summed E-state index contributed by atoms with van der Waals surface area (Å²) in [6, 6.07) is 14.0. The number of rotatable bonds is 3. The van der Waals surface area contributed by atoms with E-state index in [1.807, 2.05) is 55.0 Å². The molecular formula is C20H15N5. The Balaban J connectivity index is 1.83. The second kappa shape index (κ2) is 6.10. The SMILES string of the molecule is [C-]#[N+]N(C)c1cccc(-c2cnc3[nH]cc(-c4cccnc4)c3c2)c1. The van der Waals surface area contributed by atoms with E-state index in [2.05, 4.69) is 26.0 Å². The molecule has 4 aromatic rings. The summed E-state index contributed by atoms with van der Waals surface area (Å²) in [7, 11) is 1.75. The number of aromatic amines is 1. The first-order chi connectivity index (χ1) is 12.3. The Kier molecular flexibility index (Phi) is 3.64. The molecule has 0 unspecified atom stereocenters. The maximum Gasteiger partial charge on any atom is 0.137 e. The van der Waals surface area contributed by atoms with E-state index in [4.69, 9.17) is 6.57 Å². The van der Waals surface area contributed by atoms with E-state index in [0.717, 1.165) is 39.0 Å². The Morgan fingerprint density at radius 3 is 2.72 bits per heavy atom. The number of hydrogen-bond donors (Lipinski definition) is 1. The highest BCUT2D eigenvalue weighted by atomic mass is 15.4. The predicted molar refractivity (Wildman–Crippen MR) is 99.8 cm³/mol. The van der Waals surface area contributed by atoms with Crippen LogP contribution in [0.5, 0.6) is 0 Å². The number of aromatic nitrogens is 3. The van der Waals surface area contributed by atoms with Gasteiger partial charge in [-0.2, -0.15) is 11.5 Å². The molecule has 0 fully saturated rings. The number of hydrogen-bond acceptors (Lipinski definition) is 3. The van der Waals surface area contributed by atoms with Crippen molar-refractivity contribution in [2.75, 3.05) is 12.1 Å². The summed E-state index contributed by atoms with van der Waals surface area (Å²) in [6.07, 6.45) is 7.42. The molecule has 120 valence electrons. The van der Waals surface area contributed by atoms with Crippen LogP contribution < -0.4 is 5.01 Å². The quantitative estimate of drug-likeness (QED) is 0.444. The van der Waals surface area contributed by atoms with Crippen molar-refractivity contribution in [3.05, 3.63) is 78.8 Å². The molecule has 0 amide bonds. The number of pyridine rings is 2. The highest BCUT2D eigenvalue weighted by Crippen LogP contribution is 2.31. The average molecular weight is 325 g/mol. The first-order valence-electron chi connectivity index (χ1n) is 7.85. The molecule has 0 atom stereocenters. The van der Waals surface area contributed by atoms with Crippen LogP contribution in [0.25, 0.3) is 38.2 Å². The van der Waals surface area contributed by atoms with Gasteiger partial charge in [-0.05, 0) is 29.8 Å². The van der Waals surface area contributed by atoms with Crippen molar-refractivity contribution in [3.63, 3.8) is 0 Å². The van der Waals surface area contributed by atoms with Crippen molar-refractivity contribution in [1.29, 1.82) is 0 Å². The summed E-state index contributed by atoms with van der Waals surface area (Å²) < 4.78 is 0. The Morgan fingerprint density at radius 2 is 1.92 bits per heavy atom. The highest BCUT2D eigenvalue weighted by molar-refractivity contribution is 5.95. The summed E-state index contributed by atoms with van der Waals surface area (Å²) in [5.74, 6) is 0. The van der Waals surface area contributed by atoms with Crippen LogP contribution in [0.3, 0.4) is 0 Å². The second-order valence-corrected chi connectivity index (χ2v) is 5.74. The van der Waals surface area contributed by atoms with Gasteiger partial charge < -0.3 is 4.98 Å². The number of nitrogens with zero attached hydrogens (tertiary/aromatic N) is 4. The number of H-pyrrole nitrogens is 1. The lowest BCUT2D eigenvalue weighted by atomic mass is 10.0. The minimum absolute atomic E-state index is 0.844. The molecule has 0 saturated carbocycles. The first kappa shape index (κ1) is 14.9. The molecule has 4 rings (SSSR count). The second-order valence-electron chi connectivity index (χ2n) is 5.74. The van der Waals surface area contributed by atoms with Crippen LogP contribution in [0.4, 0.5) is 5.69 Å². The molecule has 0 aliphatic rings. The number of fused-ring (bicyclic) bond motifs is 1. The van der Waals surface area contributed by atoms with Gasteiger partial charge in [0.2, 0.25) is 0 Å². The van der Waals surface area contributed by atoms with Gasteiger partial charge in [-0.1, -0.05) is 23.2 Å².